The lowest BCUT2D eigenvalue weighted by Crippen LogP contribution is -2.24. The van der Waals surface area contributed by atoms with Crippen LogP contribution in [-0.4, -0.2) is 29.5 Å². The Kier molecular flexibility index (Phi) is 2.00. The summed E-state index contributed by atoms with van der Waals surface area (Å²) in [5.41, 5.74) is 1.04. The molecule has 3 heterocycles. The fourth-order valence-electron chi connectivity index (χ4n) is 1.58. The topological polar surface area (TPSA) is 91.1 Å². The minimum Gasteiger partial charge on any atom is -0.338 e. The molecule has 0 aliphatic carbocycles. The average molecular weight is 232 g/mol. The third-order valence-corrected chi connectivity index (χ3v) is 2.41. The van der Waals surface area contributed by atoms with Crippen LogP contribution in [0.25, 0.3) is 5.52 Å². The summed E-state index contributed by atoms with van der Waals surface area (Å²) in [5.74, 6) is 0.357. The zero-order chi connectivity index (χ0) is 11.8. The van der Waals surface area contributed by atoms with Gasteiger partial charge in [-0.05, 0) is 6.92 Å². The second-order valence-electron chi connectivity index (χ2n) is 3.56. The fourth-order valence-corrected chi connectivity index (χ4v) is 1.58. The number of hydrogen-bond acceptors (Lipinski definition) is 6. The molecule has 0 fully saturated rings. The van der Waals surface area contributed by atoms with Gasteiger partial charge in [0.1, 0.15) is 12.9 Å². The second kappa shape index (κ2) is 3.51. The van der Waals surface area contributed by atoms with E-state index in [4.69, 9.17) is 4.52 Å². The van der Waals surface area contributed by atoms with E-state index in [1.54, 1.807) is 6.20 Å². The number of aromatic nitrogens is 6. The van der Waals surface area contributed by atoms with Crippen molar-refractivity contribution >= 4 is 5.52 Å². The molecule has 0 aromatic carbocycles. The highest BCUT2D eigenvalue weighted by atomic mass is 16.5. The van der Waals surface area contributed by atoms with Gasteiger partial charge in [-0.15, -0.1) is 9.73 Å². The van der Waals surface area contributed by atoms with Gasteiger partial charge in [0.2, 0.25) is 5.89 Å². The maximum Gasteiger partial charge on any atom is 0.280 e. The van der Waals surface area contributed by atoms with Crippen molar-refractivity contribution in [2.75, 3.05) is 0 Å². The van der Waals surface area contributed by atoms with Gasteiger partial charge in [0, 0.05) is 5.56 Å². The van der Waals surface area contributed by atoms with E-state index in [-0.39, 0.29) is 12.1 Å². The Morgan fingerprint density at radius 3 is 3.06 bits per heavy atom. The van der Waals surface area contributed by atoms with Crippen LogP contribution < -0.4 is 5.56 Å². The van der Waals surface area contributed by atoms with Gasteiger partial charge in [-0.1, -0.05) is 5.16 Å². The van der Waals surface area contributed by atoms with Gasteiger partial charge in [0.15, 0.2) is 11.8 Å². The first kappa shape index (κ1) is 9.70. The van der Waals surface area contributed by atoms with Gasteiger partial charge in [-0.3, -0.25) is 9.36 Å². The minimum atomic E-state index is -0.187. The maximum absolute atomic E-state index is 12.1. The van der Waals surface area contributed by atoms with Crippen molar-refractivity contribution in [3.05, 3.63) is 40.7 Å². The first-order valence-electron chi connectivity index (χ1n) is 4.91. The van der Waals surface area contributed by atoms with Gasteiger partial charge in [-0.25, -0.2) is 0 Å². The molecule has 0 aliphatic rings. The Labute approximate surface area is 94.5 Å². The molecule has 17 heavy (non-hydrogen) atoms. The van der Waals surface area contributed by atoms with Crippen molar-refractivity contribution in [2.24, 2.45) is 0 Å². The highest BCUT2D eigenvalue weighted by molar-refractivity contribution is 5.49. The Balaban J connectivity index is 2.14. The number of hydrogen-bond donors (Lipinski definition) is 0. The highest BCUT2D eigenvalue weighted by Gasteiger charge is 2.10. The number of rotatable bonds is 2. The zero-order valence-electron chi connectivity index (χ0n) is 8.94. The molecule has 0 amide bonds. The fraction of sp³-hybridized carbons (Fsp3) is 0.222. The average Bonchev–Trinajstić information content (AvgIpc) is 2.93. The smallest absolute Gasteiger partial charge is 0.280 e. The van der Waals surface area contributed by atoms with Gasteiger partial charge in [0.05, 0.1) is 6.20 Å². The minimum absolute atomic E-state index is 0.187. The Bertz CT molecular complexity index is 711. The molecule has 0 spiro atoms. The number of fused-ring (bicyclic) bond motifs is 1. The number of aryl methyl sites for hydroxylation is 1. The van der Waals surface area contributed by atoms with E-state index in [1.165, 1.54) is 21.9 Å². The van der Waals surface area contributed by atoms with Crippen LogP contribution >= 0.6 is 0 Å². The normalized spacial score (nSPS) is 11.1. The van der Waals surface area contributed by atoms with Crippen molar-refractivity contribution in [3.8, 4) is 0 Å². The molecule has 0 atom stereocenters. The molecule has 0 aliphatic heterocycles. The first-order chi connectivity index (χ1) is 8.25. The van der Waals surface area contributed by atoms with Crippen molar-refractivity contribution in [1.29, 1.82) is 0 Å². The van der Waals surface area contributed by atoms with Crippen LogP contribution in [0.2, 0.25) is 0 Å². The second-order valence-corrected chi connectivity index (χ2v) is 3.56. The molecule has 0 radical (unpaired) electrons. The van der Waals surface area contributed by atoms with Gasteiger partial charge in [0.25, 0.3) is 5.56 Å². The molecule has 8 nitrogen and oxygen atoms in total. The molecule has 0 bridgehead atoms. The molecule has 0 saturated carbocycles. The summed E-state index contributed by atoms with van der Waals surface area (Å²) in [7, 11) is 0. The third-order valence-electron chi connectivity index (χ3n) is 2.41. The van der Waals surface area contributed by atoms with Crippen LogP contribution in [0.1, 0.15) is 11.5 Å². The molecule has 3 aromatic rings. The molecule has 8 heteroatoms. The predicted octanol–water partition coefficient (Wildman–Crippen LogP) is -0.369. The standard InChI is InChI=1S/C9H8N6O2/c1-6-2-11-15-8(6)9(16)14(5-12-15)3-7-10-4-13-17-7/h2,4-5H,3H2,1H3. The van der Waals surface area contributed by atoms with Crippen LogP contribution in [0.4, 0.5) is 0 Å². The Morgan fingerprint density at radius 1 is 1.41 bits per heavy atom. The lowest BCUT2D eigenvalue weighted by Gasteiger charge is -2.01. The molecular formula is C9H8N6O2. The van der Waals surface area contributed by atoms with Gasteiger partial charge < -0.3 is 4.52 Å². The summed E-state index contributed by atoms with van der Waals surface area (Å²) < 4.78 is 7.55. The summed E-state index contributed by atoms with van der Waals surface area (Å²) in [5, 5.41) is 11.5. The van der Waals surface area contributed by atoms with Gasteiger partial charge >= 0.3 is 0 Å². The van der Waals surface area contributed by atoms with Gasteiger partial charge in [-0.2, -0.15) is 10.1 Å². The monoisotopic (exact) mass is 232 g/mol. The molecule has 3 rings (SSSR count). The van der Waals surface area contributed by atoms with E-state index in [0.717, 1.165) is 5.56 Å². The SMILES string of the molecule is Cc1cnn2ncn(Cc3ncno3)c(=O)c12. The van der Waals surface area contributed by atoms with Crippen LogP contribution in [0.15, 0.2) is 28.2 Å². The lowest BCUT2D eigenvalue weighted by molar-refractivity contribution is 0.367. The van der Waals surface area contributed by atoms with Crippen LogP contribution in [0.3, 0.4) is 0 Å². The largest absolute Gasteiger partial charge is 0.338 e. The molecule has 0 unspecified atom stereocenters. The molecular weight excluding hydrogens is 224 g/mol. The number of nitrogens with zero attached hydrogens (tertiary/aromatic N) is 6. The van der Waals surface area contributed by atoms with E-state index < -0.39 is 0 Å². The summed E-state index contributed by atoms with van der Waals surface area (Å²) >= 11 is 0. The van der Waals surface area contributed by atoms with E-state index in [2.05, 4.69) is 20.3 Å². The lowest BCUT2D eigenvalue weighted by atomic mass is 10.3. The first-order valence-corrected chi connectivity index (χ1v) is 4.91. The summed E-state index contributed by atoms with van der Waals surface area (Å²) in [6, 6.07) is 0. The Morgan fingerprint density at radius 2 is 2.29 bits per heavy atom. The summed E-state index contributed by atoms with van der Waals surface area (Å²) in [4.78, 5) is 16.0. The van der Waals surface area contributed by atoms with E-state index in [9.17, 15) is 4.79 Å². The van der Waals surface area contributed by atoms with E-state index in [0.29, 0.717) is 11.4 Å². The van der Waals surface area contributed by atoms with Crippen molar-refractivity contribution in [2.45, 2.75) is 13.5 Å². The van der Waals surface area contributed by atoms with E-state index in [1.807, 2.05) is 6.92 Å². The maximum atomic E-state index is 12.1. The van der Waals surface area contributed by atoms with Crippen LogP contribution in [0.5, 0.6) is 0 Å². The zero-order valence-corrected chi connectivity index (χ0v) is 8.94. The third kappa shape index (κ3) is 1.50. The quantitative estimate of drug-likeness (QED) is 0.598. The molecule has 86 valence electrons. The summed E-state index contributed by atoms with van der Waals surface area (Å²) in [6.07, 6.45) is 4.28. The van der Waals surface area contributed by atoms with Crippen LogP contribution in [0, 0.1) is 6.92 Å². The Hall–Kier alpha value is -2.51. The van der Waals surface area contributed by atoms with Crippen molar-refractivity contribution < 1.29 is 4.52 Å². The van der Waals surface area contributed by atoms with Crippen molar-refractivity contribution in [3.63, 3.8) is 0 Å². The van der Waals surface area contributed by atoms with Crippen LogP contribution in [-0.2, 0) is 6.54 Å². The molecule has 0 N–H and O–H groups in total. The van der Waals surface area contributed by atoms with E-state index >= 15 is 0 Å². The molecule has 0 saturated heterocycles. The highest BCUT2D eigenvalue weighted by Crippen LogP contribution is 2.02. The molecule has 3 aromatic heterocycles. The van der Waals surface area contributed by atoms with Crippen molar-refractivity contribution in [1.82, 2.24) is 29.5 Å². The predicted molar refractivity (Wildman–Crippen MR) is 55.4 cm³/mol. The summed E-state index contributed by atoms with van der Waals surface area (Å²) in [6.45, 7) is 2.01.